The molecule has 1 unspecified atom stereocenters. The minimum atomic E-state index is -0.339. The van der Waals surface area contributed by atoms with Crippen LogP contribution < -0.4 is 5.73 Å². The summed E-state index contributed by atoms with van der Waals surface area (Å²) in [7, 11) is 0. The average Bonchev–Trinajstić information content (AvgIpc) is 2.08. The lowest BCUT2D eigenvalue weighted by Crippen LogP contribution is -2.14. The molecule has 4 heteroatoms. The Morgan fingerprint density at radius 2 is 2.42 bits per heavy atom. The van der Waals surface area contributed by atoms with Gasteiger partial charge in [-0.1, -0.05) is 0 Å². The molecule has 1 heterocycles. The van der Waals surface area contributed by atoms with Gasteiger partial charge in [0.1, 0.15) is 0 Å². The lowest BCUT2D eigenvalue weighted by Gasteiger charge is -2.08. The summed E-state index contributed by atoms with van der Waals surface area (Å²) < 4.78 is 0.920. The highest BCUT2D eigenvalue weighted by Crippen LogP contribution is 2.18. The second-order valence-corrected chi connectivity index (χ2v) is 3.48. The van der Waals surface area contributed by atoms with E-state index < -0.39 is 0 Å². The normalized spacial score (nSPS) is 13.0. The number of rotatable bonds is 2. The van der Waals surface area contributed by atoms with Crippen LogP contribution in [-0.2, 0) is 0 Å². The molecule has 1 atom stereocenters. The molecule has 0 radical (unpaired) electrons. The Kier molecular flexibility index (Phi) is 3.20. The third kappa shape index (κ3) is 2.03. The van der Waals surface area contributed by atoms with Crippen molar-refractivity contribution in [2.75, 3.05) is 6.61 Å². The maximum Gasteiger partial charge on any atom is 0.0624 e. The van der Waals surface area contributed by atoms with Crippen molar-refractivity contribution < 1.29 is 5.11 Å². The van der Waals surface area contributed by atoms with Gasteiger partial charge in [-0.05, 0) is 34.5 Å². The first-order valence-electron chi connectivity index (χ1n) is 3.63. The molecule has 0 bridgehead atoms. The monoisotopic (exact) mass is 230 g/mol. The molecule has 0 aliphatic carbocycles. The molecule has 1 aromatic heterocycles. The van der Waals surface area contributed by atoms with E-state index in [9.17, 15) is 0 Å². The number of aromatic nitrogens is 1. The fourth-order valence-electron chi connectivity index (χ4n) is 0.829. The summed E-state index contributed by atoms with van der Waals surface area (Å²) in [6.45, 7) is 1.84. The number of nitrogens with zero attached hydrogens (tertiary/aromatic N) is 1. The summed E-state index contributed by atoms with van der Waals surface area (Å²) in [5.74, 6) is 0. The zero-order valence-corrected chi connectivity index (χ0v) is 8.37. The highest BCUT2D eigenvalue weighted by molar-refractivity contribution is 9.10. The molecule has 12 heavy (non-hydrogen) atoms. The van der Waals surface area contributed by atoms with Crippen LogP contribution in [0.2, 0.25) is 0 Å². The van der Waals surface area contributed by atoms with Crippen LogP contribution in [-0.4, -0.2) is 16.7 Å². The second-order valence-electron chi connectivity index (χ2n) is 2.62. The first-order chi connectivity index (χ1) is 5.65. The molecule has 0 aliphatic heterocycles. The largest absolute Gasteiger partial charge is 0.394 e. The zero-order valence-electron chi connectivity index (χ0n) is 6.79. The van der Waals surface area contributed by atoms with Crippen LogP contribution in [0.15, 0.2) is 16.7 Å². The molecule has 3 nitrogen and oxygen atoms in total. The molecular formula is C8H11BrN2O. The van der Waals surface area contributed by atoms with Crippen molar-refractivity contribution in [1.82, 2.24) is 4.98 Å². The van der Waals surface area contributed by atoms with Gasteiger partial charge in [-0.3, -0.25) is 4.98 Å². The summed E-state index contributed by atoms with van der Waals surface area (Å²) in [6, 6.07) is 1.54. The molecule has 0 aromatic carbocycles. The Morgan fingerprint density at radius 3 is 2.92 bits per heavy atom. The lowest BCUT2D eigenvalue weighted by atomic mass is 10.1. The minimum absolute atomic E-state index is 0.0584. The van der Waals surface area contributed by atoms with Crippen molar-refractivity contribution >= 4 is 15.9 Å². The topological polar surface area (TPSA) is 59.1 Å². The van der Waals surface area contributed by atoms with Crippen molar-refractivity contribution in [3.8, 4) is 0 Å². The van der Waals surface area contributed by atoms with Crippen LogP contribution in [0.3, 0.4) is 0 Å². The third-order valence-electron chi connectivity index (χ3n) is 1.67. The van der Waals surface area contributed by atoms with Crippen LogP contribution in [0.1, 0.15) is 17.3 Å². The number of halogens is 1. The highest BCUT2D eigenvalue weighted by atomic mass is 79.9. The van der Waals surface area contributed by atoms with Crippen molar-refractivity contribution in [2.24, 2.45) is 5.73 Å². The van der Waals surface area contributed by atoms with E-state index in [1.165, 1.54) is 0 Å². The van der Waals surface area contributed by atoms with Crippen molar-refractivity contribution in [1.29, 1.82) is 0 Å². The van der Waals surface area contributed by atoms with Gasteiger partial charge in [-0.15, -0.1) is 0 Å². The average molecular weight is 231 g/mol. The molecule has 66 valence electrons. The molecular weight excluding hydrogens is 220 g/mol. The molecule has 0 fully saturated rings. The molecule has 0 aliphatic rings. The number of nitrogens with two attached hydrogens (primary N) is 1. The maximum absolute atomic E-state index is 8.78. The first kappa shape index (κ1) is 9.64. The van der Waals surface area contributed by atoms with Gasteiger partial charge in [0.15, 0.2) is 0 Å². The van der Waals surface area contributed by atoms with E-state index in [0.29, 0.717) is 0 Å². The summed E-state index contributed by atoms with van der Waals surface area (Å²) in [4.78, 5) is 4.11. The number of pyridine rings is 1. The number of aliphatic hydroxyl groups is 1. The molecule has 0 spiro atoms. The second kappa shape index (κ2) is 3.98. The number of hydrogen-bond donors (Lipinski definition) is 2. The summed E-state index contributed by atoms with van der Waals surface area (Å²) in [5.41, 5.74) is 7.37. The summed E-state index contributed by atoms with van der Waals surface area (Å²) >= 11 is 3.34. The number of hydrogen-bond acceptors (Lipinski definition) is 3. The molecule has 3 N–H and O–H groups in total. The maximum atomic E-state index is 8.78. The SMILES string of the molecule is Cc1ncc(C(N)CO)cc1Br. The van der Waals surface area contributed by atoms with Crippen LogP contribution >= 0.6 is 15.9 Å². The smallest absolute Gasteiger partial charge is 0.0624 e. The molecule has 0 saturated carbocycles. The van der Waals surface area contributed by atoms with Gasteiger partial charge in [0.2, 0.25) is 0 Å². The Bertz CT molecular complexity index is 278. The molecule has 0 amide bonds. The Balaban J connectivity index is 2.96. The Hall–Kier alpha value is -0.450. The van der Waals surface area contributed by atoms with Gasteiger partial charge in [0.05, 0.1) is 18.3 Å². The van der Waals surface area contributed by atoms with Gasteiger partial charge in [0, 0.05) is 10.7 Å². The fourth-order valence-corrected chi connectivity index (χ4v) is 1.20. The predicted octanol–water partition coefficient (Wildman–Crippen LogP) is 1.14. The highest BCUT2D eigenvalue weighted by Gasteiger charge is 2.05. The molecule has 1 rings (SSSR count). The predicted molar refractivity (Wildman–Crippen MR) is 50.7 cm³/mol. The van der Waals surface area contributed by atoms with E-state index in [0.717, 1.165) is 15.7 Å². The Labute approximate surface area is 79.7 Å². The van der Waals surface area contributed by atoms with Crippen LogP contribution in [0.5, 0.6) is 0 Å². The zero-order chi connectivity index (χ0) is 9.14. The Morgan fingerprint density at radius 1 is 1.75 bits per heavy atom. The van der Waals surface area contributed by atoms with E-state index >= 15 is 0 Å². The van der Waals surface area contributed by atoms with Crippen molar-refractivity contribution in [2.45, 2.75) is 13.0 Å². The van der Waals surface area contributed by atoms with Gasteiger partial charge in [-0.25, -0.2) is 0 Å². The van der Waals surface area contributed by atoms with E-state index in [2.05, 4.69) is 20.9 Å². The summed E-state index contributed by atoms with van der Waals surface area (Å²) in [6.07, 6.45) is 1.68. The number of aliphatic hydroxyl groups excluding tert-OH is 1. The van der Waals surface area contributed by atoms with Crippen LogP contribution in [0.25, 0.3) is 0 Å². The first-order valence-corrected chi connectivity index (χ1v) is 4.43. The quantitative estimate of drug-likeness (QED) is 0.802. The van der Waals surface area contributed by atoms with E-state index in [-0.39, 0.29) is 12.6 Å². The van der Waals surface area contributed by atoms with Crippen molar-refractivity contribution in [3.05, 3.63) is 28.0 Å². The fraction of sp³-hybridized carbons (Fsp3) is 0.375. The van der Waals surface area contributed by atoms with E-state index in [1.807, 2.05) is 13.0 Å². The minimum Gasteiger partial charge on any atom is -0.394 e. The third-order valence-corrected chi connectivity index (χ3v) is 2.47. The van der Waals surface area contributed by atoms with Crippen LogP contribution in [0, 0.1) is 6.92 Å². The van der Waals surface area contributed by atoms with E-state index in [1.54, 1.807) is 6.20 Å². The van der Waals surface area contributed by atoms with Gasteiger partial charge < -0.3 is 10.8 Å². The standard InChI is InChI=1S/C8H11BrN2O/c1-5-7(9)2-6(3-11-5)8(10)4-12/h2-3,8,12H,4,10H2,1H3. The number of aryl methyl sites for hydroxylation is 1. The van der Waals surface area contributed by atoms with Crippen molar-refractivity contribution in [3.63, 3.8) is 0 Å². The summed E-state index contributed by atoms with van der Waals surface area (Å²) in [5, 5.41) is 8.78. The van der Waals surface area contributed by atoms with Gasteiger partial charge in [0.25, 0.3) is 0 Å². The van der Waals surface area contributed by atoms with Gasteiger partial charge in [-0.2, -0.15) is 0 Å². The van der Waals surface area contributed by atoms with Gasteiger partial charge >= 0.3 is 0 Å². The lowest BCUT2D eigenvalue weighted by molar-refractivity contribution is 0.267. The molecule has 1 aromatic rings. The van der Waals surface area contributed by atoms with Crippen LogP contribution in [0.4, 0.5) is 0 Å². The molecule has 0 saturated heterocycles. The van der Waals surface area contributed by atoms with E-state index in [4.69, 9.17) is 10.8 Å².